The highest BCUT2D eigenvalue weighted by atomic mass is 16.5. The van der Waals surface area contributed by atoms with Gasteiger partial charge >= 0.3 is 0 Å². The molecule has 25 heavy (non-hydrogen) atoms. The number of carbonyl (C=O) groups is 1. The number of likely N-dealkylation sites (tertiary alicyclic amines) is 1. The molecule has 0 aromatic carbocycles. The van der Waals surface area contributed by atoms with E-state index >= 15 is 0 Å². The van der Waals surface area contributed by atoms with E-state index in [2.05, 4.69) is 29.1 Å². The summed E-state index contributed by atoms with van der Waals surface area (Å²) in [5.41, 5.74) is 0.820. The molecular formula is C17H24N4O4. The number of nitrogens with zero attached hydrogens (tertiary/aromatic N) is 4. The van der Waals surface area contributed by atoms with Crippen LogP contribution in [0.4, 0.5) is 0 Å². The van der Waals surface area contributed by atoms with E-state index in [1.54, 1.807) is 25.0 Å². The zero-order valence-corrected chi connectivity index (χ0v) is 15.1. The number of ether oxygens (including phenoxy) is 1. The molecule has 1 saturated heterocycles. The van der Waals surface area contributed by atoms with Gasteiger partial charge in [-0.25, -0.2) is 0 Å². The van der Waals surface area contributed by atoms with Crippen LogP contribution in [-0.2, 0) is 4.74 Å². The second-order valence-corrected chi connectivity index (χ2v) is 6.38. The van der Waals surface area contributed by atoms with E-state index in [-0.39, 0.29) is 23.8 Å². The lowest BCUT2D eigenvalue weighted by Crippen LogP contribution is -2.32. The first-order chi connectivity index (χ1) is 12.1. The molecule has 2 atom stereocenters. The minimum absolute atomic E-state index is 0.0809. The maximum absolute atomic E-state index is 13.0. The van der Waals surface area contributed by atoms with Crippen molar-refractivity contribution in [1.29, 1.82) is 0 Å². The Hall–Kier alpha value is -2.22. The Balaban J connectivity index is 1.84. The van der Waals surface area contributed by atoms with E-state index < -0.39 is 0 Å². The SMILES string of the molecule is CCC(CC)c1cc(C(=O)N2C[C@@H](OC)C[C@@H]2c2nc(C)no2)on1. The molecule has 0 N–H and O–H groups in total. The molecule has 1 fully saturated rings. The minimum atomic E-state index is -0.319. The number of aryl methyl sites for hydroxylation is 1. The van der Waals surface area contributed by atoms with Gasteiger partial charge in [0.1, 0.15) is 6.04 Å². The monoisotopic (exact) mass is 348 g/mol. The average molecular weight is 348 g/mol. The second-order valence-electron chi connectivity index (χ2n) is 6.38. The predicted molar refractivity (Wildman–Crippen MR) is 88.1 cm³/mol. The number of amides is 1. The van der Waals surface area contributed by atoms with Crippen LogP contribution in [0.1, 0.15) is 73.0 Å². The summed E-state index contributed by atoms with van der Waals surface area (Å²) in [6, 6.07) is 1.43. The van der Waals surface area contributed by atoms with Gasteiger partial charge in [0.15, 0.2) is 5.82 Å². The van der Waals surface area contributed by atoms with Crippen LogP contribution in [0.5, 0.6) is 0 Å². The molecule has 2 aromatic rings. The first-order valence-electron chi connectivity index (χ1n) is 8.67. The number of hydrogen-bond acceptors (Lipinski definition) is 7. The van der Waals surface area contributed by atoms with E-state index in [9.17, 15) is 4.79 Å². The van der Waals surface area contributed by atoms with Crippen molar-refractivity contribution >= 4 is 5.91 Å². The average Bonchev–Trinajstić information content (AvgIpc) is 3.34. The number of methoxy groups -OCH3 is 1. The van der Waals surface area contributed by atoms with Crippen molar-refractivity contribution in [3.63, 3.8) is 0 Å². The molecule has 3 rings (SSSR count). The van der Waals surface area contributed by atoms with E-state index in [0.717, 1.165) is 18.5 Å². The molecule has 0 aliphatic carbocycles. The third kappa shape index (κ3) is 3.44. The van der Waals surface area contributed by atoms with Gasteiger partial charge < -0.3 is 18.7 Å². The van der Waals surface area contributed by atoms with Crippen LogP contribution in [0.3, 0.4) is 0 Å². The minimum Gasteiger partial charge on any atom is -0.380 e. The van der Waals surface area contributed by atoms with Crippen LogP contribution >= 0.6 is 0 Å². The first-order valence-corrected chi connectivity index (χ1v) is 8.67. The number of aromatic nitrogens is 3. The molecule has 0 bridgehead atoms. The lowest BCUT2D eigenvalue weighted by molar-refractivity contribution is 0.0631. The molecule has 136 valence electrons. The topological polar surface area (TPSA) is 94.5 Å². The van der Waals surface area contributed by atoms with Crippen LogP contribution < -0.4 is 0 Å². The second kappa shape index (κ2) is 7.35. The summed E-state index contributed by atoms with van der Waals surface area (Å²) in [7, 11) is 1.63. The zero-order valence-electron chi connectivity index (χ0n) is 15.1. The smallest absolute Gasteiger partial charge is 0.293 e. The van der Waals surface area contributed by atoms with Gasteiger partial charge in [0.25, 0.3) is 5.91 Å². The molecule has 2 aromatic heterocycles. The summed E-state index contributed by atoms with van der Waals surface area (Å²) in [4.78, 5) is 18.9. The first kappa shape index (κ1) is 17.6. The lowest BCUT2D eigenvalue weighted by Gasteiger charge is -2.19. The van der Waals surface area contributed by atoms with Gasteiger partial charge in [-0.3, -0.25) is 4.79 Å². The third-order valence-electron chi connectivity index (χ3n) is 4.83. The van der Waals surface area contributed by atoms with Crippen molar-refractivity contribution in [3.8, 4) is 0 Å². The molecule has 0 radical (unpaired) electrons. The fraction of sp³-hybridized carbons (Fsp3) is 0.647. The fourth-order valence-corrected chi connectivity index (χ4v) is 3.31. The van der Waals surface area contributed by atoms with E-state index in [1.165, 1.54) is 0 Å². The van der Waals surface area contributed by atoms with E-state index in [4.69, 9.17) is 13.8 Å². The van der Waals surface area contributed by atoms with Gasteiger partial charge in [0.2, 0.25) is 11.7 Å². The van der Waals surface area contributed by atoms with Gasteiger partial charge in [0.05, 0.1) is 11.8 Å². The Labute approximate surface area is 146 Å². The van der Waals surface area contributed by atoms with Crippen LogP contribution in [0, 0.1) is 6.92 Å². The normalized spacial score (nSPS) is 20.6. The zero-order chi connectivity index (χ0) is 18.0. The van der Waals surface area contributed by atoms with Crippen molar-refractivity contribution in [3.05, 3.63) is 29.2 Å². The molecule has 1 aliphatic heterocycles. The molecule has 0 spiro atoms. The van der Waals surface area contributed by atoms with Gasteiger partial charge in [-0.05, 0) is 19.8 Å². The van der Waals surface area contributed by atoms with Gasteiger partial charge in [-0.15, -0.1) is 0 Å². The number of carbonyl (C=O) groups excluding carboxylic acids is 1. The van der Waals surface area contributed by atoms with Crippen molar-refractivity contribution in [2.24, 2.45) is 0 Å². The Morgan fingerprint density at radius 2 is 2.12 bits per heavy atom. The number of hydrogen-bond donors (Lipinski definition) is 0. The largest absolute Gasteiger partial charge is 0.380 e. The lowest BCUT2D eigenvalue weighted by atomic mass is 9.99. The Morgan fingerprint density at radius 3 is 2.72 bits per heavy atom. The van der Waals surface area contributed by atoms with Crippen LogP contribution in [0.2, 0.25) is 0 Å². The number of rotatable bonds is 6. The summed E-state index contributed by atoms with van der Waals surface area (Å²) in [5.74, 6) is 1.26. The third-order valence-corrected chi connectivity index (χ3v) is 4.83. The van der Waals surface area contributed by atoms with Crippen LogP contribution in [0.25, 0.3) is 0 Å². The summed E-state index contributed by atoms with van der Waals surface area (Å²) in [6.45, 7) is 6.40. The maximum Gasteiger partial charge on any atom is 0.293 e. The molecule has 0 unspecified atom stereocenters. The highest BCUT2D eigenvalue weighted by molar-refractivity contribution is 5.92. The molecule has 8 heteroatoms. The predicted octanol–water partition coefficient (Wildman–Crippen LogP) is 2.87. The molecule has 0 saturated carbocycles. The maximum atomic E-state index is 13.0. The molecule has 1 amide bonds. The van der Waals surface area contributed by atoms with Crippen molar-refractivity contribution in [2.75, 3.05) is 13.7 Å². The Morgan fingerprint density at radius 1 is 1.36 bits per heavy atom. The van der Waals surface area contributed by atoms with Crippen LogP contribution in [-0.4, -0.2) is 45.9 Å². The van der Waals surface area contributed by atoms with E-state index in [1.807, 2.05) is 0 Å². The highest BCUT2D eigenvalue weighted by Crippen LogP contribution is 2.34. The molecule has 8 nitrogen and oxygen atoms in total. The van der Waals surface area contributed by atoms with Gasteiger partial charge in [0, 0.05) is 32.1 Å². The summed E-state index contributed by atoms with van der Waals surface area (Å²) in [6.07, 6.45) is 2.44. The standard InChI is InChI=1S/C17H24N4O4/c1-5-11(6-2)13-8-15(24-20-13)17(22)21-9-12(23-4)7-14(21)16-18-10(3)19-25-16/h8,11-12,14H,5-7,9H2,1-4H3/t12-,14+/m0/s1. The van der Waals surface area contributed by atoms with Crippen molar-refractivity contribution in [2.45, 2.75) is 58.1 Å². The Bertz CT molecular complexity index is 722. The summed E-state index contributed by atoms with van der Waals surface area (Å²) >= 11 is 0. The van der Waals surface area contributed by atoms with Crippen molar-refractivity contribution < 1.29 is 18.6 Å². The quantitative estimate of drug-likeness (QED) is 0.792. The molecule has 1 aliphatic rings. The summed E-state index contributed by atoms with van der Waals surface area (Å²) in [5, 5.41) is 7.91. The van der Waals surface area contributed by atoms with Gasteiger partial charge in [-0.2, -0.15) is 4.98 Å². The van der Waals surface area contributed by atoms with Crippen molar-refractivity contribution in [1.82, 2.24) is 20.2 Å². The fourth-order valence-electron chi connectivity index (χ4n) is 3.31. The van der Waals surface area contributed by atoms with E-state index in [0.29, 0.717) is 30.6 Å². The van der Waals surface area contributed by atoms with Crippen LogP contribution in [0.15, 0.2) is 15.1 Å². The summed E-state index contributed by atoms with van der Waals surface area (Å²) < 4.78 is 16.0. The molecular weight excluding hydrogens is 324 g/mol. The van der Waals surface area contributed by atoms with Gasteiger partial charge in [-0.1, -0.05) is 24.2 Å². The molecule has 3 heterocycles. The Kier molecular flexibility index (Phi) is 5.17. The highest BCUT2D eigenvalue weighted by Gasteiger charge is 2.41.